The van der Waals surface area contributed by atoms with Crippen molar-refractivity contribution in [1.29, 1.82) is 0 Å². The summed E-state index contributed by atoms with van der Waals surface area (Å²) in [6, 6.07) is 6.69. The van der Waals surface area contributed by atoms with Crippen LogP contribution in [-0.2, 0) is 0 Å². The molecule has 0 aromatic heterocycles. The molecular formula is C10H15B. The molecule has 0 radical (unpaired) electrons. The minimum Gasteiger partial charge on any atom is -0.0819 e. The Kier molecular flexibility index (Phi) is 2.38. The molecule has 0 unspecified atom stereocenters. The summed E-state index contributed by atoms with van der Waals surface area (Å²) in [6.45, 7) is 9.42. The van der Waals surface area contributed by atoms with E-state index in [0.29, 0.717) is 6.71 Å². The summed E-state index contributed by atoms with van der Waals surface area (Å²) in [5.41, 5.74) is 4.22. The lowest BCUT2D eigenvalue weighted by Crippen LogP contribution is -2.22. The van der Waals surface area contributed by atoms with Crippen LogP contribution in [0.4, 0.5) is 0 Å². The molecule has 0 atom stereocenters. The molecule has 0 saturated carbocycles. The van der Waals surface area contributed by atoms with Crippen molar-refractivity contribution >= 4 is 12.2 Å². The van der Waals surface area contributed by atoms with Gasteiger partial charge >= 0.3 is 0 Å². The van der Waals surface area contributed by atoms with Crippen molar-refractivity contribution in [3.63, 3.8) is 0 Å². The SMILES string of the molecule is CB(C)c1ccc(C)c(C)c1. The number of rotatable bonds is 1. The lowest BCUT2D eigenvalue weighted by Gasteiger charge is -2.05. The van der Waals surface area contributed by atoms with Crippen LogP contribution in [0.2, 0.25) is 13.6 Å². The van der Waals surface area contributed by atoms with E-state index in [-0.39, 0.29) is 0 Å². The second kappa shape index (κ2) is 3.12. The van der Waals surface area contributed by atoms with Crippen molar-refractivity contribution in [3.05, 3.63) is 29.3 Å². The van der Waals surface area contributed by atoms with Crippen LogP contribution in [0.15, 0.2) is 18.2 Å². The number of hydrogen-bond acceptors (Lipinski definition) is 0. The zero-order chi connectivity index (χ0) is 8.43. The second-order valence-corrected chi connectivity index (χ2v) is 3.50. The molecule has 11 heavy (non-hydrogen) atoms. The van der Waals surface area contributed by atoms with Gasteiger partial charge in [-0.15, -0.1) is 0 Å². The zero-order valence-electron chi connectivity index (χ0n) is 7.81. The molecule has 0 aliphatic carbocycles. The Balaban J connectivity index is 3.05. The minimum atomic E-state index is 0.648. The second-order valence-electron chi connectivity index (χ2n) is 3.50. The molecule has 0 saturated heterocycles. The first-order chi connectivity index (χ1) is 5.11. The first-order valence-electron chi connectivity index (χ1n) is 4.18. The summed E-state index contributed by atoms with van der Waals surface area (Å²) in [5, 5.41) is 0. The van der Waals surface area contributed by atoms with Crippen molar-refractivity contribution < 1.29 is 0 Å². The van der Waals surface area contributed by atoms with Gasteiger partial charge in [0.25, 0.3) is 0 Å². The summed E-state index contributed by atoms with van der Waals surface area (Å²) >= 11 is 0. The van der Waals surface area contributed by atoms with Gasteiger partial charge in [0.05, 0.1) is 0 Å². The smallest absolute Gasteiger partial charge is 0.0819 e. The highest BCUT2D eigenvalue weighted by Crippen LogP contribution is 2.03. The normalized spacial score (nSPS) is 9.82. The van der Waals surface area contributed by atoms with Crippen molar-refractivity contribution in [3.8, 4) is 0 Å². The Bertz CT molecular complexity index is 251. The topological polar surface area (TPSA) is 0 Å². The first-order valence-corrected chi connectivity index (χ1v) is 4.18. The maximum absolute atomic E-state index is 2.28. The van der Waals surface area contributed by atoms with Gasteiger partial charge in [-0.25, -0.2) is 0 Å². The molecule has 0 aliphatic rings. The molecule has 0 heterocycles. The molecule has 1 aromatic rings. The van der Waals surface area contributed by atoms with E-state index in [1.165, 1.54) is 16.6 Å². The molecule has 0 amide bonds. The monoisotopic (exact) mass is 146 g/mol. The van der Waals surface area contributed by atoms with E-state index < -0.39 is 0 Å². The highest BCUT2D eigenvalue weighted by molar-refractivity contribution is 6.70. The molecular weight excluding hydrogens is 131 g/mol. The van der Waals surface area contributed by atoms with E-state index in [1.807, 2.05) is 0 Å². The summed E-state index contributed by atoms with van der Waals surface area (Å²) in [6.07, 6.45) is 0. The first kappa shape index (κ1) is 8.38. The Morgan fingerprint density at radius 3 is 2.09 bits per heavy atom. The molecule has 1 heteroatoms. The average Bonchev–Trinajstić information content (AvgIpc) is 1.94. The lowest BCUT2D eigenvalue weighted by molar-refractivity contribution is 1.35. The van der Waals surface area contributed by atoms with Crippen LogP contribution in [-0.4, -0.2) is 6.71 Å². The Labute approximate surface area is 69.7 Å². The minimum absolute atomic E-state index is 0.648. The largest absolute Gasteiger partial charge is 0.169 e. The Morgan fingerprint density at radius 2 is 1.64 bits per heavy atom. The van der Waals surface area contributed by atoms with Crippen LogP contribution in [0.3, 0.4) is 0 Å². The van der Waals surface area contributed by atoms with E-state index in [1.54, 1.807) is 0 Å². The number of aryl methyl sites for hydroxylation is 2. The third-order valence-electron chi connectivity index (χ3n) is 2.20. The van der Waals surface area contributed by atoms with E-state index in [2.05, 4.69) is 45.7 Å². The van der Waals surface area contributed by atoms with Gasteiger partial charge in [0.1, 0.15) is 0 Å². The van der Waals surface area contributed by atoms with Crippen molar-refractivity contribution in [2.24, 2.45) is 0 Å². The fourth-order valence-electron chi connectivity index (χ4n) is 1.12. The standard InChI is InChI=1S/C10H15B/c1-8-5-6-10(11(3)4)7-9(8)2/h5-7H,1-4H3. The Hall–Kier alpha value is -0.715. The van der Waals surface area contributed by atoms with E-state index in [0.717, 1.165) is 0 Å². The van der Waals surface area contributed by atoms with Crippen LogP contribution >= 0.6 is 0 Å². The molecule has 0 nitrogen and oxygen atoms in total. The molecule has 1 aromatic carbocycles. The summed E-state index contributed by atoms with van der Waals surface area (Å²) in [4.78, 5) is 0. The third kappa shape index (κ3) is 1.86. The van der Waals surface area contributed by atoms with Crippen molar-refractivity contribution in [2.75, 3.05) is 0 Å². The lowest BCUT2D eigenvalue weighted by atomic mass is 9.49. The van der Waals surface area contributed by atoms with E-state index in [4.69, 9.17) is 0 Å². The summed E-state index contributed by atoms with van der Waals surface area (Å²) in [5.74, 6) is 0. The molecule has 1 rings (SSSR count). The van der Waals surface area contributed by atoms with E-state index >= 15 is 0 Å². The zero-order valence-corrected chi connectivity index (χ0v) is 7.81. The van der Waals surface area contributed by atoms with E-state index in [9.17, 15) is 0 Å². The van der Waals surface area contributed by atoms with Crippen LogP contribution in [0.25, 0.3) is 0 Å². The van der Waals surface area contributed by atoms with Crippen LogP contribution < -0.4 is 5.46 Å². The number of hydrogen-bond donors (Lipinski definition) is 0. The molecule has 58 valence electrons. The Morgan fingerprint density at radius 1 is 1.00 bits per heavy atom. The van der Waals surface area contributed by atoms with Gasteiger partial charge in [0, 0.05) is 0 Å². The molecule has 0 fully saturated rings. The van der Waals surface area contributed by atoms with Gasteiger partial charge in [-0.05, 0) is 25.0 Å². The van der Waals surface area contributed by atoms with Crippen LogP contribution in [0.5, 0.6) is 0 Å². The van der Waals surface area contributed by atoms with Crippen LogP contribution in [0.1, 0.15) is 11.1 Å². The van der Waals surface area contributed by atoms with Gasteiger partial charge in [0.2, 0.25) is 0 Å². The van der Waals surface area contributed by atoms with Crippen molar-refractivity contribution in [1.82, 2.24) is 0 Å². The van der Waals surface area contributed by atoms with Gasteiger partial charge < -0.3 is 0 Å². The maximum Gasteiger partial charge on any atom is 0.169 e. The predicted octanol–water partition coefficient (Wildman–Crippen LogP) is 2.26. The van der Waals surface area contributed by atoms with Gasteiger partial charge in [0.15, 0.2) is 6.71 Å². The molecule has 0 bridgehead atoms. The summed E-state index contributed by atoms with van der Waals surface area (Å²) in [7, 11) is 0. The quantitative estimate of drug-likeness (QED) is 0.533. The maximum atomic E-state index is 2.28. The summed E-state index contributed by atoms with van der Waals surface area (Å²) < 4.78 is 0. The van der Waals surface area contributed by atoms with Gasteiger partial charge in [-0.2, -0.15) is 0 Å². The fourth-order valence-corrected chi connectivity index (χ4v) is 1.12. The number of benzene rings is 1. The van der Waals surface area contributed by atoms with Gasteiger partial charge in [-0.3, -0.25) is 0 Å². The molecule has 0 aliphatic heterocycles. The fraction of sp³-hybridized carbons (Fsp3) is 0.400. The highest BCUT2D eigenvalue weighted by Gasteiger charge is 2.02. The third-order valence-corrected chi connectivity index (χ3v) is 2.20. The van der Waals surface area contributed by atoms with Crippen LogP contribution in [0, 0.1) is 13.8 Å². The highest BCUT2D eigenvalue weighted by atomic mass is 13.9. The predicted molar refractivity (Wildman–Crippen MR) is 53.0 cm³/mol. The molecule has 0 N–H and O–H groups in total. The van der Waals surface area contributed by atoms with Gasteiger partial charge in [-0.1, -0.05) is 37.3 Å². The van der Waals surface area contributed by atoms with Crippen molar-refractivity contribution in [2.45, 2.75) is 27.5 Å². The molecule has 0 spiro atoms. The average molecular weight is 146 g/mol.